The molecule has 2 saturated heterocycles. The van der Waals surface area contributed by atoms with Gasteiger partial charge < -0.3 is 15.2 Å². The maximum Gasteiger partial charge on any atom is 0.475 e. The molecule has 2 fully saturated rings. The molecular formula is C13H20ClN2O7P. The fourth-order valence-corrected chi connectivity index (χ4v) is 4.89. The molecule has 0 saturated carbocycles. The van der Waals surface area contributed by atoms with Crippen molar-refractivity contribution >= 4 is 25.5 Å². The highest BCUT2D eigenvalue weighted by atomic mass is 35.5. The highest BCUT2D eigenvalue weighted by Crippen LogP contribution is 2.59. The van der Waals surface area contributed by atoms with Crippen LogP contribution in [0.5, 0.6) is 0 Å². The first-order valence-electron chi connectivity index (χ1n) is 7.53. The van der Waals surface area contributed by atoms with Gasteiger partial charge in [-0.1, -0.05) is 0 Å². The Morgan fingerprint density at radius 1 is 1.58 bits per heavy atom. The number of phosphoric ester groups is 1. The first-order chi connectivity index (χ1) is 11.1. The Morgan fingerprint density at radius 3 is 2.92 bits per heavy atom. The van der Waals surface area contributed by atoms with Gasteiger partial charge in [-0.3, -0.25) is 18.5 Å². The number of carbonyl (C=O) groups excluding carboxylic acids is 1. The minimum atomic E-state index is -3.75. The molecule has 0 bridgehead atoms. The number of aliphatic hydroxyl groups excluding tert-OH is 1. The summed E-state index contributed by atoms with van der Waals surface area (Å²) >= 11 is 6.61. The van der Waals surface area contributed by atoms with Gasteiger partial charge in [-0.15, -0.1) is 11.6 Å². The summed E-state index contributed by atoms with van der Waals surface area (Å²) in [7, 11) is -3.75. The number of hydrogen-bond acceptors (Lipinski definition) is 7. The standard InChI is InChI=1S/C13H20ClN2O7P/c1-7(2)22-24(19)20-6-8-10(23-24)13(3,14)11(21-8)16-5-4-9(17)15-12(16)18/h4-5,7-11,17H,6H2,1-3H3,(H,15,18). The first-order valence-corrected chi connectivity index (χ1v) is 9.37. The number of ether oxygens (including phenoxy) is 1. The van der Waals surface area contributed by atoms with E-state index in [1.807, 2.05) is 0 Å². The van der Waals surface area contributed by atoms with Gasteiger partial charge in [0.15, 0.2) is 6.23 Å². The number of amides is 2. The smallest absolute Gasteiger partial charge is 0.370 e. The average molecular weight is 383 g/mol. The van der Waals surface area contributed by atoms with Crippen LogP contribution in [0.4, 0.5) is 4.79 Å². The topological polar surface area (TPSA) is 107 Å². The van der Waals surface area contributed by atoms with E-state index in [0.717, 1.165) is 0 Å². The zero-order valence-corrected chi connectivity index (χ0v) is 15.1. The normalized spacial score (nSPS) is 45.4. The van der Waals surface area contributed by atoms with Crippen molar-refractivity contribution in [2.45, 2.75) is 56.4 Å². The summed E-state index contributed by atoms with van der Waals surface area (Å²) < 4.78 is 34.3. The van der Waals surface area contributed by atoms with Crippen LogP contribution in [0, 0.1) is 0 Å². The van der Waals surface area contributed by atoms with Crippen molar-refractivity contribution in [1.82, 2.24) is 10.2 Å². The summed E-state index contributed by atoms with van der Waals surface area (Å²) in [6, 6.07) is -0.567. The second-order valence-electron chi connectivity index (χ2n) is 6.24. The Bertz CT molecular complexity index is 599. The molecule has 6 unspecified atom stereocenters. The lowest BCUT2D eigenvalue weighted by atomic mass is 10.0. The van der Waals surface area contributed by atoms with Crippen molar-refractivity contribution < 1.29 is 32.8 Å². The van der Waals surface area contributed by atoms with E-state index in [4.69, 9.17) is 29.9 Å². The Balaban J connectivity index is 1.81. The lowest BCUT2D eigenvalue weighted by molar-refractivity contribution is -0.0799. The minimum absolute atomic E-state index is 0.0325. The Hall–Kier alpha value is -0.670. The lowest BCUT2D eigenvalue weighted by Gasteiger charge is -2.37. The van der Waals surface area contributed by atoms with Gasteiger partial charge in [0.1, 0.15) is 23.3 Å². The molecule has 0 aromatic heterocycles. The predicted molar refractivity (Wildman–Crippen MR) is 83.1 cm³/mol. The van der Waals surface area contributed by atoms with Crippen LogP contribution >= 0.6 is 19.4 Å². The summed E-state index contributed by atoms with van der Waals surface area (Å²) in [4.78, 5) is 12.1. The van der Waals surface area contributed by atoms with Gasteiger partial charge in [-0.05, 0) is 26.8 Å². The van der Waals surface area contributed by atoms with E-state index in [9.17, 15) is 14.5 Å². The Morgan fingerprint density at radius 2 is 2.29 bits per heavy atom. The van der Waals surface area contributed by atoms with Gasteiger partial charge in [-0.2, -0.15) is 0 Å². The van der Waals surface area contributed by atoms with Crippen LogP contribution in [0.3, 0.4) is 0 Å². The highest BCUT2D eigenvalue weighted by molar-refractivity contribution is 7.48. The molecule has 3 aliphatic heterocycles. The number of fused-ring (bicyclic) bond motifs is 1. The van der Waals surface area contributed by atoms with Gasteiger partial charge >= 0.3 is 13.9 Å². The number of halogens is 1. The van der Waals surface area contributed by atoms with Gasteiger partial charge in [0, 0.05) is 6.20 Å². The summed E-state index contributed by atoms with van der Waals surface area (Å²) in [5.74, 6) is 0. The summed E-state index contributed by atoms with van der Waals surface area (Å²) in [6.45, 7) is 5.01. The minimum Gasteiger partial charge on any atom is -0.370 e. The highest BCUT2D eigenvalue weighted by Gasteiger charge is 2.61. The fraction of sp³-hybridized carbons (Fsp3) is 0.769. The van der Waals surface area contributed by atoms with Crippen LogP contribution in [0.2, 0.25) is 0 Å². The number of phosphoric acid groups is 1. The van der Waals surface area contributed by atoms with Crippen molar-refractivity contribution in [3.8, 4) is 0 Å². The molecule has 6 atom stereocenters. The van der Waals surface area contributed by atoms with Crippen molar-refractivity contribution in [3.63, 3.8) is 0 Å². The number of alkyl halides is 1. The number of nitrogens with zero attached hydrogens (tertiary/aromatic N) is 1. The Kier molecular flexibility index (Phi) is 4.72. The molecule has 3 heterocycles. The van der Waals surface area contributed by atoms with Crippen molar-refractivity contribution in [3.05, 3.63) is 12.3 Å². The van der Waals surface area contributed by atoms with Crippen LogP contribution < -0.4 is 5.32 Å². The van der Waals surface area contributed by atoms with Crippen LogP contribution in [-0.4, -0.2) is 58.3 Å². The number of hydrogen-bond donors (Lipinski definition) is 2. The van der Waals surface area contributed by atoms with E-state index in [-0.39, 0.29) is 12.7 Å². The van der Waals surface area contributed by atoms with E-state index in [1.165, 1.54) is 17.2 Å². The van der Waals surface area contributed by atoms with E-state index in [2.05, 4.69) is 5.32 Å². The van der Waals surface area contributed by atoms with Gasteiger partial charge in [0.05, 0.1) is 12.7 Å². The molecule has 11 heteroatoms. The summed E-state index contributed by atoms with van der Waals surface area (Å²) in [5.41, 5.74) is 0. The molecule has 0 aromatic rings. The average Bonchev–Trinajstić information content (AvgIpc) is 2.69. The monoisotopic (exact) mass is 382 g/mol. The summed E-state index contributed by atoms with van der Waals surface area (Å²) in [5, 5.41) is 11.7. The molecule has 9 nitrogen and oxygen atoms in total. The van der Waals surface area contributed by atoms with Gasteiger partial charge in [0.25, 0.3) is 0 Å². The third-order valence-corrected chi connectivity index (χ3v) is 5.88. The zero-order chi connectivity index (χ0) is 17.7. The van der Waals surface area contributed by atoms with Crippen LogP contribution in [0.15, 0.2) is 12.3 Å². The van der Waals surface area contributed by atoms with Crippen LogP contribution in [-0.2, 0) is 22.9 Å². The molecule has 0 aromatic carbocycles. The summed E-state index contributed by atoms with van der Waals surface area (Å²) in [6.07, 6.45) is -0.963. The molecule has 2 amide bonds. The van der Waals surface area contributed by atoms with Crippen molar-refractivity contribution in [1.29, 1.82) is 0 Å². The maximum atomic E-state index is 12.5. The van der Waals surface area contributed by atoms with E-state index < -0.39 is 43.4 Å². The molecule has 0 spiro atoms. The number of nitrogens with one attached hydrogen (secondary N) is 1. The molecule has 3 rings (SSSR count). The molecule has 3 aliphatic rings. The molecule has 24 heavy (non-hydrogen) atoms. The largest absolute Gasteiger partial charge is 0.475 e. The molecular weight excluding hydrogens is 363 g/mol. The second-order valence-corrected chi connectivity index (χ2v) is 8.63. The van der Waals surface area contributed by atoms with Crippen molar-refractivity contribution in [2.75, 3.05) is 6.61 Å². The second kappa shape index (κ2) is 6.25. The molecule has 0 aliphatic carbocycles. The third-order valence-electron chi connectivity index (χ3n) is 3.85. The maximum absolute atomic E-state index is 12.5. The molecule has 2 N–H and O–H groups in total. The van der Waals surface area contributed by atoms with E-state index in [0.29, 0.717) is 0 Å². The quantitative estimate of drug-likeness (QED) is 0.563. The van der Waals surface area contributed by atoms with Gasteiger partial charge in [0.2, 0.25) is 0 Å². The van der Waals surface area contributed by atoms with Crippen LogP contribution in [0.1, 0.15) is 20.8 Å². The number of aliphatic hydroxyl groups is 1. The SMILES string of the molecule is CC(C)OP1(=O)OCC2OC(N3C=CC(O)NC3=O)C(C)(Cl)C2O1. The fourth-order valence-electron chi connectivity index (χ4n) is 2.83. The first kappa shape index (κ1) is 18.1. The number of carbonyl (C=O) groups is 1. The number of rotatable bonds is 3. The van der Waals surface area contributed by atoms with E-state index >= 15 is 0 Å². The van der Waals surface area contributed by atoms with Crippen LogP contribution in [0.25, 0.3) is 0 Å². The Labute approximate surface area is 144 Å². The molecule has 136 valence electrons. The predicted octanol–water partition coefficient (Wildman–Crippen LogP) is 1.51. The lowest BCUT2D eigenvalue weighted by Crippen LogP contribution is -2.55. The third kappa shape index (κ3) is 3.22. The van der Waals surface area contributed by atoms with E-state index in [1.54, 1.807) is 20.8 Å². The van der Waals surface area contributed by atoms with Gasteiger partial charge in [-0.25, -0.2) is 9.36 Å². The molecule has 0 radical (unpaired) electrons. The zero-order valence-electron chi connectivity index (χ0n) is 13.4. The van der Waals surface area contributed by atoms with Crippen molar-refractivity contribution in [2.24, 2.45) is 0 Å². The number of urea groups is 1.